The molecule has 0 radical (unpaired) electrons. The molecular formula is C52H51N3O7. The predicted molar refractivity (Wildman–Crippen MR) is 236 cm³/mol. The number of carbonyl (C=O) groups excluding carboxylic acids is 3. The molecule has 10 heteroatoms. The zero-order valence-electron chi connectivity index (χ0n) is 34.7. The summed E-state index contributed by atoms with van der Waals surface area (Å²) in [6.07, 6.45) is -1.95. The molecule has 3 amide bonds. The predicted octanol–water partition coefficient (Wildman–Crippen LogP) is 8.89. The van der Waals surface area contributed by atoms with E-state index in [0.29, 0.717) is 6.54 Å². The van der Waals surface area contributed by atoms with Crippen LogP contribution in [-0.2, 0) is 56.6 Å². The van der Waals surface area contributed by atoms with Crippen LogP contribution in [0.1, 0.15) is 64.7 Å². The third kappa shape index (κ3) is 10.5. The number of nitrogens with zero attached hydrogens (tertiary/aromatic N) is 2. The Morgan fingerprint density at radius 3 is 1.92 bits per heavy atom. The number of rotatable bonds is 15. The Hall–Kier alpha value is -6.43. The molecule has 0 spiro atoms. The summed E-state index contributed by atoms with van der Waals surface area (Å²) in [7, 11) is 0. The fourth-order valence-electron chi connectivity index (χ4n) is 8.18. The van der Waals surface area contributed by atoms with E-state index in [9.17, 15) is 19.5 Å². The maximum Gasteiger partial charge on any atom is 0.408 e. The van der Waals surface area contributed by atoms with E-state index in [-0.39, 0.29) is 50.2 Å². The number of carbonyl (C=O) groups is 3. The first kappa shape index (κ1) is 42.3. The lowest BCUT2D eigenvalue weighted by molar-refractivity contribution is -0.276. The Labute approximate surface area is 362 Å². The highest BCUT2D eigenvalue weighted by Crippen LogP contribution is 2.42. The van der Waals surface area contributed by atoms with E-state index in [1.807, 2.05) is 115 Å². The van der Waals surface area contributed by atoms with Gasteiger partial charge in [0.25, 0.3) is 5.91 Å². The van der Waals surface area contributed by atoms with Crippen molar-refractivity contribution in [3.8, 4) is 11.1 Å². The summed E-state index contributed by atoms with van der Waals surface area (Å²) in [6, 6.07) is 53.1. The Bertz CT molecular complexity index is 2370. The quantitative estimate of drug-likeness (QED) is 0.0987. The number of imide groups is 1. The molecule has 2 fully saturated rings. The number of hydrogen-bond donors (Lipinski definition) is 2. The van der Waals surface area contributed by atoms with Gasteiger partial charge in [-0.1, -0.05) is 165 Å². The SMILES string of the molecule is CC1C(CN(Cc2ccccc2)Cc2ccccc2)OC(c2ccc(-c3cccc(CN4C(=O)CC(NC(=O)OCc5ccccc5)C4=O)c3)cc2)OC1c1ccc(CO)cc1. The standard InChI is InChI=1S/C52H51N3O7/c1-36-47(33-54(30-37-12-5-2-6-13-37)31-38-14-7-3-8-15-38)61-51(62-49(36)43-22-20-39(34-56)21-23-43)44-26-24-42(25-27-44)45-19-11-18-41(28-45)32-55-48(57)29-46(50(55)58)53-52(59)60-35-40-16-9-4-10-17-40/h2-28,36,46-47,49,51,56H,29-35H2,1H3,(H,53,59). The molecule has 8 rings (SSSR count). The smallest absolute Gasteiger partial charge is 0.408 e. The van der Waals surface area contributed by atoms with Gasteiger partial charge < -0.3 is 24.6 Å². The lowest BCUT2D eigenvalue weighted by Crippen LogP contribution is -2.44. The van der Waals surface area contributed by atoms with Crippen molar-refractivity contribution in [2.24, 2.45) is 5.92 Å². The number of hydrogen-bond acceptors (Lipinski definition) is 8. The average molecular weight is 830 g/mol. The van der Waals surface area contributed by atoms with Crippen LogP contribution in [0.2, 0.25) is 0 Å². The molecule has 62 heavy (non-hydrogen) atoms. The van der Waals surface area contributed by atoms with Crippen LogP contribution in [0.15, 0.2) is 164 Å². The van der Waals surface area contributed by atoms with E-state index in [2.05, 4.69) is 65.7 Å². The fraction of sp³-hybridized carbons (Fsp3) is 0.250. The van der Waals surface area contributed by atoms with Gasteiger partial charge in [0.15, 0.2) is 6.29 Å². The van der Waals surface area contributed by atoms with Crippen LogP contribution in [-0.4, -0.2) is 51.5 Å². The van der Waals surface area contributed by atoms with Gasteiger partial charge in [-0.2, -0.15) is 0 Å². The van der Waals surface area contributed by atoms with Crippen LogP contribution < -0.4 is 5.32 Å². The van der Waals surface area contributed by atoms with Gasteiger partial charge in [-0.25, -0.2) is 4.79 Å². The summed E-state index contributed by atoms with van der Waals surface area (Å²) in [5.74, 6) is -0.812. The Balaban J connectivity index is 0.967. The first-order valence-electron chi connectivity index (χ1n) is 21.1. The van der Waals surface area contributed by atoms with E-state index in [1.54, 1.807) is 0 Å². The zero-order valence-corrected chi connectivity index (χ0v) is 34.7. The normalized spacial score (nSPS) is 20.0. The Morgan fingerprint density at radius 2 is 1.29 bits per heavy atom. The molecule has 0 saturated carbocycles. The van der Waals surface area contributed by atoms with E-state index < -0.39 is 24.3 Å². The van der Waals surface area contributed by atoms with Crippen LogP contribution in [0.25, 0.3) is 11.1 Å². The van der Waals surface area contributed by atoms with Crippen LogP contribution in [0.3, 0.4) is 0 Å². The highest BCUT2D eigenvalue weighted by atomic mass is 16.7. The van der Waals surface area contributed by atoms with Crippen molar-refractivity contribution in [1.29, 1.82) is 0 Å². The first-order chi connectivity index (χ1) is 30.3. The number of aliphatic hydroxyl groups excluding tert-OH is 1. The van der Waals surface area contributed by atoms with Crippen molar-refractivity contribution in [2.75, 3.05) is 6.54 Å². The average Bonchev–Trinajstić information content (AvgIpc) is 3.57. The molecule has 10 nitrogen and oxygen atoms in total. The highest BCUT2D eigenvalue weighted by molar-refractivity contribution is 6.06. The minimum Gasteiger partial charge on any atom is -0.445 e. The van der Waals surface area contributed by atoms with Gasteiger partial charge >= 0.3 is 6.09 Å². The molecule has 6 aromatic rings. The molecule has 2 N–H and O–H groups in total. The van der Waals surface area contributed by atoms with Gasteiger partial charge in [0.05, 0.1) is 31.8 Å². The largest absolute Gasteiger partial charge is 0.445 e. The minimum absolute atomic E-state index is 0.0103. The van der Waals surface area contributed by atoms with E-state index in [1.165, 1.54) is 16.0 Å². The van der Waals surface area contributed by atoms with Gasteiger partial charge in [0.2, 0.25) is 5.91 Å². The third-order valence-electron chi connectivity index (χ3n) is 11.6. The monoisotopic (exact) mass is 829 g/mol. The summed E-state index contributed by atoms with van der Waals surface area (Å²) >= 11 is 0. The molecule has 2 heterocycles. The van der Waals surface area contributed by atoms with Crippen molar-refractivity contribution in [1.82, 2.24) is 15.1 Å². The number of ether oxygens (including phenoxy) is 3. The summed E-state index contributed by atoms with van der Waals surface area (Å²) in [6.45, 7) is 4.50. The number of benzene rings is 6. The number of alkyl carbamates (subject to hydrolysis) is 1. The van der Waals surface area contributed by atoms with Crippen LogP contribution in [0.5, 0.6) is 0 Å². The maximum absolute atomic E-state index is 13.3. The van der Waals surface area contributed by atoms with Gasteiger partial charge in [-0.05, 0) is 50.6 Å². The minimum atomic E-state index is -0.983. The number of likely N-dealkylation sites (tertiary alicyclic amines) is 1. The van der Waals surface area contributed by atoms with Crippen LogP contribution in [0, 0.1) is 5.92 Å². The summed E-state index contributed by atoms with van der Waals surface area (Å²) in [4.78, 5) is 42.4. The molecule has 2 saturated heterocycles. The summed E-state index contributed by atoms with van der Waals surface area (Å²) < 4.78 is 19.0. The van der Waals surface area contributed by atoms with Crippen LogP contribution in [0.4, 0.5) is 4.79 Å². The maximum atomic E-state index is 13.3. The lowest BCUT2D eigenvalue weighted by Gasteiger charge is -2.43. The van der Waals surface area contributed by atoms with Crippen molar-refractivity contribution < 1.29 is 33.7 Å². The van der Waals surface area contributed by atoms with Crippen molar-refractivity contribution in [3.63, 3.8) is 0 Å². The second kappa shape index (κ2) is 20.0. The topological polar surface area (TPSA) is 118 Å². The number of amides is 3. The van der Waals surface area contributed by atoms with E-state index >= 15 is 0 Å². The number of nitrogens with one attached hydrogen (secondary N) is 1. The van der Waals surface area contributed by atoms with Crippen LogP contribution >= 0.6 is 0 Å². The highest BCUT2D eigenvalue weighted by Gasteiger charge is 2.41. The first-order valence-corrected chi connectivity index (χ1v) is 21.1. The second-order valence-electron chi connectivity index (χ2n) is 16.1. The number of aliphatic hydroxyl groups is 1. The Kier molecular flexibility index (Phi) is 13.6. The van der Waals surface area contributed by atoms with Gasteiger partial charge in [0.1, 0.15) is 12.6 Å². The molecule has 0 bridgehead atoms. The van der Waals surface area contributed by atoms with E-state index in [4.69, 9.17) is 14.2 Å². The molecule has 0 aliphatic carbocycles. The molecule has 5 unspecified atom stereocenters. The molecule has 2 aliphatic heterocycles. The summed E-state index contributed by atoms with van der Waals surface area (Å²) in [5.41, 5.74) is 8.67. The molecule has 5 atom stereocenters. The van der Waals surface area contributed by atoms with E-state index in [0.717, 1.165) is 52.0 Å². The molecular weight excluding hydrogens is 779 g/mol. The fourth-order valence-corrected chi connectivity index (χ4v) is 8.18. The van der Waals surface area contributed by atoms with Gasteiger partial charge in [0, 0.05) is 31.1 Å². The van der Waals surface area contributed by atoms with Crippen molar-refractivity contribution in [3.05, 3.63) is 203 Å². The molecule has 316 valence electrons. The molecule has 2 aliphatic rings. The second-order valence-corrected chi connectivity index (χ2v) is 16.1. The van der Waals surface area contributed by atoms with Crippen molar-refractivity contribution >= 4 is 17.9 Å². The lowest BCUT2D eigenvalue weighted by atomic mass is 9.89. The van der Waals surface area contributed by atoms with Gasteiger partial charge in [-0.15, -0.1) is 0 Å². The molecule has 6 aromatic carbocycles. The van der Waals surface area contributed by atoms with Gasteiger partial charge in [-0.3, -0.25) is 19.4 Å². The molecule has 0 aromatic heterocycles. The van der Waals surface area contributed by atoms with Crippen molar-refractivity contribution in [2.45, 2.75) is 70.7 Å². The Morgan fingerprint density at radius 1 is 0.694 bits per heavy atom. The summed E-state index contributed by atoms with van der Waals surface area (Å²) in [5, 5.41) is 12.3. The third-order valence-corrected chi connectivity index (χ3v) is 11.6. The zero-order chi connectivity index (χ0) is 42.8.